The SMILES string of the molecule is N#[C][Mo]([C]#N)([C]#N)[C]#N. The summed E-state index contributed by atoms with van der Waals surface area (Å²) in [6, 6.07) is 0. The minimum atomic E-state index is -3.97. The molecule has 42 valence electrons. The third kappa shape index (κ3) is 1.27. The second-order valence-electron chi connectivity index (χ2n) is 0.978. The molecule has 4 nitrogen and oxygen atoms in total. The van der Waals surface area contributed by atoms with E-state index in [9.17, 15) is 0 Å². The molecule has 0 bridgehead atoms. The van der Waals surface area contributed by atoms with Crippen molar-refractivity contribution in [1.29, 1.82) is 21.0 Å². The van der Waals surface area contributed by atoms with Gasteiger partial charge in [0.15, 0.2) is 0 Å². The number of rotatable bonds is 0. The van der Waals surface area contributed by atoms with Gasteiger partial charge in [-0.25, -0.2) is 0 Å². The molecule has 0 aliphatic carbocycles. The third-order valence-electron chi connectivity index (χ3n) is 0.548. The van der Waals surface area contributed by atoms with E-state index in [1.807, 2.05) is 0 Å². The molecule has 0 amide bonds. The summed E-state index contributed by atoms with van der Waals surface area (Å²) < 4.78 is 5.88. The molecule has 0 atom stereocenters. The van der Waals surface area contributed by atoms with Gasteiger partial charge in [0.2, 0.25) is 0 Å². The first-order valence-corrected chi connectivity index (χ1v) is 5.72. The van der Waals surface area contributed by atoms with Gasteiger partial charge in [0.05, 0.1) is 0 Å². The number of nitriles is 4. The Morgan fingerprint density at radius 3 is 0.889 bits per heavy atom. The Kier molecular flexibility index (Phi) is 2.41. The van der Waals surface area contributed by atoms with Crippen LogP contribution in [-0.2, 0) is 16.1 Å². The fourth-order valence-electron chi connectivity index (χ4n) is 0.122. The van der Waals surface area contributed by atoms with Gasteiger partial charge in [-0.1, -0.05) is 0 Å². The molecular weight excluding hydrogens is 200 g/mol. The summed E-state index contributed by atoms with van der Waals surface area (Å²) in [6.07, 6.45) is 0. The summed E-state index contributed by atoms with van der Waals surface area (Å²) >= 11 is -3.97. The van der Waals surface area contributed by atoms with E-state index < -0.39 is 16.1 Å². The van der Waals surface area contributed by atoms with Crippen LogP contribution in [-0.4, -0.2) is 0 Å². The van der Waals surface area contributed by atoms with Crippen molar-refractivity contribution in [3.8, 4) is 17.8 Å². The standard InChI is InChI=1S/4CN.Mo/c4*1-2;. The molecule has 0 rings (SSSR count). The molecule has 0 aliphatic rings. The molecule has 0 spiro atoms. The van der Waals surface area contributed by atoms with E-state index in [-0.39, 0.29) is 0 Å². The second-order valence-corrected chi connectivity index (χ2v) is 5.78. The Labute approximate surface area is 55.4 Å². The van der Waals surface area contributed by atoms with Gasteiger partial charge in [-0.2, -0.15) is 0 Å². The molecule has 0 saturated carbocycles. The van der Waals surface area contributed by atoms with Crippen molar-refractivity contribution in [2.24, 2.45) is 0 Å². The molecule has 0 aromatic carbocycles. The minimum absolute atomic E-state index is 1.47. The average molecular weight is 200 g/mol. The molecule has 0 aliphatic heterocycles. The monoisotopic (exact) mass is 202 g/mol. The molecule has 0 unspecified atom stereocenters. The Morgan fingerprint density at radius 2 is 0.889 bits per heavy atom. The Morgan fingerprint density at radius 1 is 0.667 bits per heavy atom. The van der Waals surface area contributed by atoms with Crippen molar-refractivity contribution >= 4 is 0 Å². The molecule has 9 heavy (non-hydrogen) atoms. The summed E-state index contributed by atoms with van der Waals surface area (Å²) in [7, 11) is 0. The van der Waals surface area contributed by atoms with E-state index in [2.05, 4.69) is 0 Å². The first kappa shape index (κ1) is 7.65. The third-order valence-corrected chi connectivity index (χ3v) is 3.24. The van der Waals surface area contributed by atoms with Crippen LogP contribution in [0, 0.1) is 38.9 Å². The summed E-state index contributed by atoms with van der Waals surface area (Å²) in [5, 5.41) is 32.6. The van der Waals surface area contributed by atoms with Crippen LogP contribution in [0.1, 0.15) is 0 Å². The van der Waals surface area contributed by atoms with Crippen LogP contribution in [0.2, 0.25) is 0 Å². The van der Waals surface area contributed by atoms with Crippen LogP contribution < -0.4 is 0 Å². The Bertz CT molecular complexity index is 205. The van der Waals surface area contributed by atoms with Gasteiger partial charge in [-0.05, 0) is 0 Å². The van der Waals surface area contributed by atoms with Gasteiger partial charge in [-0.3, -0.25) is 0 Å². The maximum atomic E-state index is 8.14. The van der Waals surface area contributed by atoms with E-state index in [0.29, 0.717) is 0 Å². The van der Waals surface area contributed by atoms with Gasteiger partial charge >= 0.3 is 54.9 Å². The van der Waals surface area contributed by atoms with Crippen molar-refractivity contribution in [3.05, 3.63) is 0 Å². The summed E-state index contributed by atoms with van der Waals surface area (Å²) in [5.74, 6) is 0. The number of hydrogen-bond acceptors (Lipinski definition) is 4. The van der Waals surface area contributed by atoms with E-state index in [1.54, 1.807) is 0 Å². The second kappa shape index (κ2) is 2.84. The van der Waals surface area contributed by atoms with Gasteiger partial charge in [0.25, 0.3) is 0 Å². The van der Waals surface area contributed by atoms with E-state index in [4.69, 9.17) is 21.0 Å². The van der Waals surface area contributed by atoms with Crippen LogP contribution in [0.15, 0.2) is 0 Å². The predicted molar refractivity (Wildman–Crippen MR) is 22.5 cm³/mol. The van der Waals surface area contributed by atoms with Crippen molar-refractivity contribution in [2.45, 2.75) is 0 Å². The van der Waals surface area contributed by atoms with Crippen LogP contribution in [0.25, 0.3) is 0 Å². The van der Waals surface area contributed by atoms with Gasteiger partial charge in [0.1, 0.15) is 0 Å². The molecule has 0 aromatic heterocycles. The van der Waals surface area contributed by atoms with E-state index in [1.165, 1.54) is 17.8 Å². The molecule has 0 radical (unpaired) electrons. The fraction of sp³-hybridized carbons (Fsp3) is 0. The Hall–Kier alpha value is -1.35. The summed E-state index contributed by atoms with van der Waals surface area (Å²) in [6.45, 7) is 0. The maximum absolute atomic E-state index is 8.14. The van der Waals surface area contributed by atoms with Gasteiger partial charge in [0, 0.05) is 0 Å². The fourth-order valence-corrected chi connectivity index (χ4v) is 0.725. The summed E-state index contributed by atoms with van der Waals surface area (Å²) in [4.78, 5) is 0. The normalized spacial score (nSPS) is 9.33. The number of hydrogen-bond donors (Lipinski definition) is 0. The first-order chi connectivity index (χ1) is 4.24. The summed E-state index contributed by atoms with van der Waals surface area (Å²) in [5.41, 5.74) is 0. The van der Waals surface area contributed by atoms with Crippen molar-refractivity contribution in [1.82, 2.24) is 0 Å². The molecule has 0 fully saturated rings. The van der Waals surface area contributed by atoms with Crippen LogP contribution >= 0.6 is 0 Å². The van der Waals surface area contributed by atoms with Crippen molar-refractivity contribution in [3.63, 3.8) is 0 Å². The first-order valence-electron chi connectivity index (χ1n) is 1.71. The van der Waals surface area contributed by atoms with Crippen LogP contribution in [0.5, 0.6) is 0 Å². The zero-order valence-electron chi connectivity index (χ0n) is 4.20. The van der Waals surface area contributed by atoms with Crippen molar-refractivity contribution in [2.75, 3.05) is 0 Å². The van der Waals surface area contributed by atoms with Crippen molar-refractivity contribution < 1.29 is 16.1 Å². The molecular formula is C4MoN4. The topological polar surface area (TPSA) is 95.2 Å². The molecule has 0 heterocycles. The predicted octanol–water partition coefficient (Wildman–Crippen LogP) is 0.0646. The van der Waals surface area contributed by atoms with E-state index >= 15 is 0 Å². The van der Waals surface area contributed by atoms with Crippen LogP contribution in [0.4, 0.5) is 0 Å². The zero-order valence-corrected chi connectivity index (χ0v) is 6.20. The number of nitrogens with zero attached hydrogens (tertiary/aromatic N) is 4. The van der Waals surface area contributed by atoms with E-state index in [0.717, 1.165) is 0 Å². The molecule has 0 aromatic rings. The van der Waals surface area contributed by atoms with Gasteiger partial charge < -0.3 is 0 Å². The average Bonchev–Trinajstić information content (AvgIpc) is 1.95. The molecule has 0 N–H and O–H groups in total. The van der Waals surface area contributed by atoms with Gasteiger partial charge in [-0.15, -0.1) is 0 Å². The Balaban J connectivity index is 4.84. The van der Waals surface area contributed by atoms with Crippen LogP contribution in [0.3, 0.4) is 0 Å². The molecule has 0 saturated heterocycles. The quantitative estimate of drug-likeness (QED) is 0.516. The molecule has 5 heteroatoms. The zero-order chi connectivity index (χ0) is 7.33.